The van der Waals surface area contributed by atoms with Crippen molar-refractivity contribution in [3.63, 3.8) is 0 Å². The Morgan fingerprint density at radius 3 is 2.60 bits per heavy atom. The molecule has 0 aliphatic carbocycles. The summed E-state index contributed by atoms with van der Waals surface area (Å²) in [6, 6.07) is 8.35. The molecule has 0 saturated heterocycles. The summed E-state index contributed by atoms with van der Waals surface area (Å²) in [7, 11) is 4.08. The summed E-state index contributed by atoms with van der Waals surface area (Å²) >= 11 is 4.63. The molecule has 1 N–H and O–H groups in total. The third-order valence-electron chi connectivity index (χ3n) is 2.69. The van der Waals surface area contributed by atoms with Crippen molar-refractivity contribution >= 4 is 23.5 Å². The van der Waals surface area contributed by atoms with E-state index >= 15 is 0 Å². The van der Waals surface area contributed by atoms with Gasteiger partial charge in [-0.05, 0) is 27.1 Å². The van der Waals surface area contributed by atoms with Gasteiger partial charge >= 0.3 is 0 Å². The molecule has 0 bridgehead atoms. The third-order valence-corrected chi connectivity index (χ3v) is 3.41. The van der Waals surface area contributed by atoms with Gasteiger partial charge in [0.05, 0.1) is 5.37 Å². The van der Waals surface area contributed by atoms with Gasteiger partial charge < -0.3 is 4.98 Å². The quantitative estimate of drug-likeness (QED) is 0.588. The van der Waals surface area contributed by atoms with Gasteiger partial charge in [0.25, 0.3) is 0 Å². The van der Waals surface area contributed by atoms with Crippen molar-refractivity contribution in [2.24, 2.45) is 0 Å². The fourth-order valence-electron chi connectivity index (χ4n) is 1.89. The molecule has 0 radical (unpaired) electrons. The molecule has 0 fully saturated rings. The number of para-hydroxylation sites is 1. The number of hydrogen-bond donors (Lipinski definition) is 2. The van der Waals surface area contributed by atoms with Crippen LogP contribution in [0.15, 0.2) is 24.3 Å². The van der Waals surface area contributed by atoms with E-state index in [9.17, 15) is 0 Å². The van der Waals surface area contributed by atoms with E-state index in [-0.39, 0.29) is 5.37 Å². The lowest BCUT2D eigenvalue weighted by Gasteiger charge is -2.19. The molecule has 1 unspecified atom stereocenters. The second kappa shape index (κ2) is 3.91. The van der Waals surface area contributed by atoms with Crippen LogP contribution in [0.4, 0.5) is 0 Å². The molecule has 0 aliphatic heterocycles. The summed E-state index contributed by atoms with van der Waals surface area (Å²) in [4.78, 5) is 5.49. The minimum absolute atomic E-state index is 0.140. The number of thiol groups is 1. The number of H-pyrrole nitrogens is 1. The Morgan fingerprint density at radius 1 is 1.27 bits per heavy atom. The summed E-state index contributed by atoms with van der Waals surface area (Å²) < 4.78 is 0. The highest BCUT2D eigenvalue weighted by Gasteiger charge is 2.16. The lowest BCUT2D eigenvalue weighted by atomic mass is 10.1. The minimum atomic E-state index is 0.140. The van der Waals surface area contributed by atoms with Crippen molar-refractivity contribution in [1.82, 2.24) is 9.88 Å². The van der Waals surface area contributed by atoms with Crippen molar-refractivity contribution in [3.8, 4) is 0 Å². The number of benzene rings is 1. The molecule has 2 aromatic rings. The van der Waals surface area contributed by atoms with E-state index in [1.807, 2.05) is 20.2 Å². The van der Waals surface area contributed by atoms with Gasteiger partial charge in [-0.25, -0.2) is 0 Å². The van der Waals surface area contributed by atoms with E-state index in [1.54, 1.807) is 0 Å². The molecule has 0 aliphatic rings. The summed E-state index contributed by atoms with van der Waals surface area (Å²) in [5, 5.41) is 1.41. The maximum Gasteiger partial charge on any atom is 0.0803 e. The predicted octanol–water partition coefficient (Wildman–Crippen LogP) is 2.97. The van der Waals surface area contributed by atoms with E-state index in [0.29, 0.717) is 0 Å². The van der Waals surface area contributed by atoms with E-state index < -0.39 is 0 Å². The molecule has 1 atom stereocenters. The molecule has 2 rings (SSSR count). The smallest absolute Gasteiger partial charge is 0.0803 e. The number of aromatic amines is 1. The number of hydrogen-bond acceptors (Lipinski definition) is 2. The summed E-state index contributed by atoms with van der Waals surface area (Å²) in [6.07, 6.45) is 0. The number of nitrogens with zero attached hydrogens (tertiary/aromatic N) is 1. The van der Waals surface area contributed by atoms with Crippen molar-refractivity contribution in [2.75, 3.05) is 14.1 Å². The first-order valence-electron chi connectivity index (χ1n) is 5.03. The highest BCUT2D eigenvalue weighted by Crippen LogP contribution is 2.32. The summed E-state index contributed by atoms with van der Waals surface area (Å²) in [6.45, 7) is 2.10. The second-order valence-electron chi connectivity index (χ2n) is 4.05. The van der Waals surface area contributed by atoms with Gasteiger partial charge in [-0.2, -0.15) is 12.6 Å². The fourth-order valence-corrected chi connectivity index (χ4v) is 2.22. The predicted molar refractivity (Wildman–Crippen MR) is 68.4 cm³/mol. The molecule has 3 heteroatoms. The maximum atomic E-state index is 4.63. The number of aryl methyl sites for hydroxylation is 1. The molecule has 1 heterocycles. The largest absolute Gasteiger partial charge is 0.358 e. The zero-order chi connectivity index (χ0) is 11.0. The Kier molecular flexibility index (Phi) is 2.76. The van der Waals surface area contributed by atoms with Crippen LogP contribution in [0, 0.1) is 6.92 Å². The van der Waals surface area contributed by atoms with Crippen LogP contribution in [0.1, 0.15) is 16.6 Å². The molecule has 1 aromatic heterocycles. The second-order valence-corrected chi connectivity index (χ2v) is 4.54. The van der Waals surface area contributed by atoms with Gasteiger partial charge in [0.2, 0.25) is 0 Å². The normalized spacial score (nSPS) is 13.7. The van der Waals surface area contributed by atoms with Gasteiger partial charge in [0.1, 0.15) is 0 Å². The van der Waals surface area contributed by atoms with Crippen molar-refractivity contribution in [1.29, 1.82) is 0 Å². The summed E-state index contributed by atoms with van der Waals surface area (Å²) in [5.41, 5.74) is 3.66. The lowest BCUT2D eigenvalue weighted by Crippen LogP contribution is -2.15. The average molecular weight is 220 g/mol. The Morgan fingerprint density at radius 2 is 1.93 bits per heavy atom. The van der Waals surface area contributed by atoms with Crippen LogP contribution in [0.2, 0.25) is 0 Å². The van der Waals surface area contributed by atoms with Gasteiger partial charge in [-0.15, -0.1) is 0 Å². The molecule has 15 heavy (non-hydrogen) atoms. The molecule has 0 amide bonds. The Hall–Kier alpha value is -0.930. The first-order valence-corrected chi connectivity index (χ1v) is 5.54. The fraction of sp³-hybridized carbons (Fsp3) is 0.333. The van der Waals surface area contributed by atoms with E-state index in [0.717, 1.165) is 0 Å². The molecule has 80 valence electrons. The molecule has 2 nitrogen and oxygen atoms in total. The zero-order valence-electron chi connectivity index (χ0n) is 9.28. The first-order chi connectivity index (χ1) is 7.11. The molecule has 1 aromatic carbocycles. The Balaban J connectivity index is 2.63. The van der Waals surface area contributed by atoms with Crippen LogP contribution in [0.25, 0.3) is 10.9 Å². The monoisotopic (exact) mass is 220 g/mol. The third kappa shape index (κ3) is 1.77. The van der Waals surface area contributed by atoms with Crippen molar-refractivity contribution < 1.29 is 0 Å². The maximum absolute atomic E-state index is 4.63. The Labute approximate surface area is 95.7 Å². The molecular weight excluding hydrogens is 204 g/mol. The van der Waals surface area contributed by atoms with Gasteiger partial charge in [-0.1, -0.05) is 18.2 Å². The van der Waals surface area contributed by atoms with Gasteiger partial charge in [0, 0.05) is 22.2 Å². The van der Waals surface area contributed by atoms with Crippen LogP contribution < -0.4 is 0 Å². The number of nitrogens with one attached hydrogen (secondary N) is 1. The van der Waals surface area contributed by atoms with Crippen LogP contribution in [0.3, 0.4) is 0 Å². The van der Waals surface area contributed by atoms with Crippen molar-refractivity contribution in [2.45, 2.75) is 12.3 Å². The van der Waals surface area contributed by atoms with Gasteiger partial charge in [0.15, 0.2) is 0 Å². The van der Waals surface area contributed by atoms with Crippen LogP contribution >= 0.6 is 12.6 Å². The Bertz CT molecular complexity index is 473. The van der Waals surface area contributed by atoms with E-state index in [1.165, 1.54) is 22.2 Å². The van der Waals surface area contributed by atoms with Crippen LogP contribution in [0.5, 0.6) is 0 Å². The molecule has 0 saturated carbocycles. The molecule has 0 spiro atoms. The number of fused-ring (bicyclic) bond motifs is 1. The first kappa shape index (κ1) is 10.6. The number of rotatable bonds is 2. The standard InChI is InChI=1S/C12H16N2S/c1-8-11(12(15)14(2)3)9-6-4-5-7-10(9)13-8/h4-7,12-13,15H,1-3H3. The SMILES string of the molecule is Cc1[nH]c2ccccc2c1C(S)N(C)C. The highest BCUT2D eigenvalue weighted by molar-refractivity contribution is 7.80. The van der Waals surface area contributed by atoms with Crippen LogP contribution in [-0.2, 0) is 0 Å². The topological polar surface area (TPSA) is 19.0 Å². The highest BCUT2D eigenvalue weighted by atomic mass is 32.1. The lowest BCUT2D eigenvalue weighted by molar-refractivity contribution is 0.394. The van der Waals surface area contributed by atoms with E-state index in [2.05, 4.69) is 47.6 Å². The van der Waals surface area contributed by atoms with Gasteiger partial charge in [-0.3, -0.25) is 4.90 Å². The average Bonchev–Trinajstić information content (AvgIpc) is 2.52. The van der Waals surface area contributed by atoms with Crippen LogP contribution in [-0.4, -0.2) is 24.0 Å². The molecular formula is C12H16N2S. The summed E-state index contributed by atoms with van der Waals surface area (Å²) in [5.74, 6) is 0. The zero-order valence-corrected chi connectivity index (χ0v) is 10.2. The van der Waals surface area contributed by atoms with E-state index in [4.69, 9.17) is 0 Å². The minimum Gasteiger partial charge on any atom is -0.358 e. The number of aromatic nitrogens is 1. The van der Waals surface area contributed by atoms with Crippen molar-refractivity contribution in [3.05, 3.63) is 35.5 Å².